The molecule has 0 aromatic heterocycles. The fraction of sp³-hybridized carbons (Fsp3) is 0.344. The number of carbonyl (C=O) groups is 3. The number of benzene rings is 3. The third kappa shape index (κ3) is 6.65. The van der Waals surface area contributed by atoms with Crippen molar-refractivity contribution >= 4 is 47.6 Å². The van der Waals surface area contributed by atoms with Gasteiger partial charge in [0.05, 0.1) is 19.3 Å². The van der Waals surface area contributed by atoms with E-state index in [1.165, 1.54) is 4.90 Å². The lowest BCUT2D eigenvalue weighted by atomic mass is 9.81. The summed E-state index contributed by atoms with van der Waals surface area (Å²) in [7, 11) is 0. The lowest BCUT2D eigenvalue weighted by Gasteiger charge is -2.39. The lowest BCUT2D eigenvalue weighted by Crippen LogP contribution is -2.53. The highest BCUT2D eigenvalue weighted by Crippen LogP contribution is 2.43. The van der Waals surface area contributed by atoms with Crippen LogP contribution in [0.4, 0.5) is 10.5 Å². The number of urea groups is 1. The van der Waals surface area contributed by atoms with Gasteiger partial charge in [0.15, 0.2) is 5.54 Å². The van der Waals surface area contributed by atoms with E-state index in [1.54, 1.807) is 55.5 Å². The molecule has 0 saturated carbocycles. The number of aliphatic hydroxyl groups is 1. The molecule has 5 rings (SSSR count). The van der Waals surface area contributed by atoms with Crippen LogP contribution >= 0.6 is 24.0 Å². The fourth-order valence-electron chi connectivity index (χ4n) is 5.87. The Bertz CT molecular complexity index is 1350. The lowest BCUT2D eigenvalue weighted by molar-refractivity contribution is -0.147. The van der Waals surface area contributed by atoms with Crippen molar-refractivity contribution in [3.05, 3.63) is 101 Å². The molecule has 2 saturated heterocycles. The Kier molecular flexibility index (Phi) is 10.7. The molecule has 0 aliphatic carbocycles. The van der Waals surface area contributed by atoms with Gasteiger partial charge >= 0.3 is 12.0 Å². The Morgan fingerprint density at radius 2 is 1.44 bits per heavy atom. The summed E-state index contributed by atoms with van der Waals surface area (Å²) < 4.78 is 5.07. The summed E-state index contributed by atoms with van der Waals surface area (Å²) in [5.74, 6) is -1.23. The van der Waals surface area contributed by atoms with Crippen molar-refractivity contribution in [3.63, 3.8) is 0 Å². The van der Waals surface area contributed by atoms with Gasteiger partial charge in [-0.05, 0) is 42.3 Å². The minimum absolute atomic E-state index is 0. The van der Waals surface area contributed by atoms with E-state index in [-0.39, 0.29) is 25.6 Å². The molecule has 0 bridgehead atoms. The summed E-state index contributed by atoms with van der Waals surface area (Å²) in [6.07, 6.45) is -0.946. The Morgan fingerprint density at radius 1 is 0.884 bits per heavy atom. The second-order valence-electron chi connectivity index (χ2n) is 10.4. The molecule has 1 unspecified atom stereocenters. The molecule has 1 N–H and O–H groups in total. The van der Waals surface area contributed by atoms with E-state index in [0.29, 0.717) is 22.7 Å². The molecule has 3 aromatic rings. The largest absolute Gasteiger partial charge is 0.465 e. The van der Waals surface area contributed by atoms with Crippen LogP contribution in [-0.4, -0.2) is 96.2 Å². The van der Waals surface area contributed by atoms with E-state index in [0.717, 1.165) is 36.8 Å². The zero-order valence-corrected chi connectivity index (χ0v) is 25.5. The van der Waals surface area contributed by atoms with Gasteiger partial charge in [-0.2, -0.15) is 0 Å². The van der Waals surface area contributed by atoms with Crippen molar-refractivity contribution in [1.82, 2.24) is 14.7 Å². The first-order valence-corrected chi connectivity index (χ1v) is 14.5. The summed E-state index contributed by atoms with van der Waals surface area (Å²) in [6, 6.07) is 25.2. The average molecular weight is 628 g/mol. The van der Waals surface area contributed by atoms with Crippen molar-refractivity contribution in [2.24, 2.45) is 0 Å². The van der Waals surface area contributed by atoms with Gasteiger partial charge < -0.3 is 14.7 Å². The predicted octanol–water partition coefficient (Wildman–Crippen LogP) is 4.02. The van der Waals surface area contributed by atoms with Gasteiger partial charge in [0, 0.05) is 43.4 Å². The third-order valence-corrected chi connectivity index (χ3v) is 8.08. The molecule has 2 aliphatic rings. The zero-order valence-electron chi connectivity index (χ0n) is 24.0. The monoisotopic (exact) mass is 626 g/mol. The molecule has 43 heavy (non-hydrogen) atoms. The highest BCUT2D eigenvalue weighted by Gasteiger charge is 2.60. The second kappa shape index (κ2) is 14.2. The Morgan fingerprint density at radius 3 is 1.98 bits per heavy atom. The SMILES string of the molecule is CCOC(=O)CN1C(=O)N(CC(O)CN2CCN(c3ccc(Cl)cc3)CC2)C(c2ccccc2)(c2ccccc2)C1=O.Cl. The summed E-state index contributed by atoms with van der Waals surface area (Å²) in [5.41, 5.74) is 0.688. The first-order chi connectivity index (χ1) is 20.3. The molecule has 2 aliphatic heterocycles. The van der Waals surface area contributed by atoms with E-state index in [4.69, 9.17) is 16.3 Å². The van der Waals surface area contributed by atoms with Gasteiger partial charge in [-0.25, -0.2) is 4.79 Å². The molecule has 0 spiro atoms. The van der Waals surface area contributed by atoms with Crippen LogP contribution in [0.15, 0.2) is 84.9 Å². The number of nitrogens with zero attached hydrogens (tertiary/aromatic N) is 4. The van der Waals surface area contributed by atoms with Crippen LogP contribution in [0.3, 0.4) is 0 Å². The summed E-state index contributed by atoms with van der Waals surface area (Å²) in [5, 5.41) is 12.1. The average Bonchev–Trinajstić information content (AvgIpc) is 3.20. The molecule has 1 atom stereocenters. The van der Waals surface area contributed by atoms with Crippen LogP contribution in [0.1, 0.15) is 18.1 Å². The number of amides is 3. The van der Waals surface area contributed by atoms with E-state index < -0.39 is 36.1 Å². The first kappa shape index (κ1) is 32.3. The molecule has 3 amide bonds. The molecular formula is C32H36Cl2N4O5. The topological polar surface area (TPSA) is 93.6 Å². The van der Waals surface area contributed by atoms with Crippen LogP contribution in [0.5, 0.6) is 0 Å². The standard InChI is InChI=1S/C32H35ClN4O5.ClH/c1-2-42-29(39)23-36-30(40)32(24-9-5-3-6-10-24,25-11-7-4-8-12-25)37(31(36)41)22-28(38)21-34-17-19-35(20-18-34)27-15-13-26(33)14-16-27;/h3-16,28,38H,2,17-23H2,1H3;1H. The normalized spacial score (nSPS) is 17.5. The first-order valence-electron chi connectivity index (χ1n) is 14.2. The maximum Gasteiger partial charge on any atom is 0.328 e. The molecule has 11 heteroatoms. The van der Waals surface area contributed by atoms with Crippen LogP contribution in [0.2, 0.25) is 5.02 Å². The maximum absolute atomic E-state index is 14.3. The number of ether oxygens (including phenoxy) is 1. The van der Waals surface area contributed by atoms with Crippen LogP contribution < -0.4 is 4.90 Å². The number of halogens is 2. The predicted molar refractivity (Wildman–Crippen MR) is 167 cm³/mol. The van der Waals surface area contributed by atoms with Crippen molar-refractivity contribution in [2.75, 3.05) is 57.3 Å². The van der Waals surface area contributed by atoms with Crippen molar-refractivity contribution in [2.45, 2.75) is 18.6 Å². The van der Waals surface area contributed by atoms with Crippen molar-refractivity contribution < 1.29 is 24.2 Å². The van der Waals surface area contributed by atoms with E-state index in [1.807, 2.05) is 36.4 Å². The molecule has 3 aromatic carbocycles. The summed E-state index contributed by atoms with van der Waals surface area (Å²) >= 11 is 6.04. The van der Waals surface area contributed by atoms with Crippen molar-refractivity contribution in [1.29, 1.82) is 0 Å². The van der Waals surface area contributed by atoms with E-state index >= 15 is 0 Å². The Balaban J connectivity index is 0.00000423. The number of hydrogen-bond donors (Lipinski definition) is 1. The zero-order chi connectivity index (χ0) is 29.7. The molecule has 228 valence electrons. The number of imide groups is 1. The van der Waals surface area contributed by atoms with Gasteiger partial charge in [0.25, 0.3) is 5.91 Å². The smallest absolute Gasteiger partial charge is 0.328 e. The third-order valence-electron chi connectivity index (χ3n) is 7.82. The highest BCUT2D eigenvalue weighted by atomic mass is 35.5. The Hall–Kier alpha value is -3.63. The number of esters is 1. The maximum atomic E-state index is 14.3. The number of carbonyl (C=O) groups excluding carboxylic acids is 3. The quantitative estimate of drug-likeness (QED) is 0.268. The molecule has 0 radical (unpaired) electrons. The van der Waals surface area contributed by atoms with Crippen molar-refractivity contribution in [3.8, 4) is 0 Å². The number of aliphatic hydroxyl groups excluding tert-OH is 1. The minimum atomic E-state index is -1.56. The number of hydrogen-bond acceptors (Lipinski definition) is 7. The molecule has 9 nitrogen and oxygen atoms in total. The second-order valence-corrected chi connectivity index (χ2v) is 10.9. The summed E-state index contributed by atoms with van der Waals surface area (Å²) in [4.78, 5) is 47.5. The number of anilines is 1. The van der Waals surface area contributed by atoms with E-state index in [9.17, 15) is 19.5 Å². The number of β-amino-alcohol motifs (C(OH)–C–C–N with tert-alkyl or cyclic N) is 1. The highest BCUT2D eigenvalue weighted by molar-refractivity contribution is 6.30. The van der Waals surface area contributed by atoms with Crippen LogP contribution in [-0.2, 0) is 19.9 Å². The van der Waals surface area contributed by atoms with Gasteiger partial charge in [0.1, 0.15) is 6.54 Å². The fourth-order valence-corrected chi connectivity index (χ4v) is 5.99. The number of rotatable bonds is 10. The van der Waals surface area contributed by atoms with Gasteiger partial charge in [-0.15, -0.1) is 12.4 Å². The summed E-state index contributed by atoms with van der Waals surface area (Å²) in [6.45, 7) is 4.52. The Labute approximate surface area is 263 Å². The minimum Gasteiger partial charge on any atom is -0.465 e. The van der Waals surface area contributed by atoms with Crippen LogP contribution in [0.25, 0.3) is 0 Å². The van der Waals surface area contributed by atoms with E-state index in [2.05, 4.69) is 9.80 Å². The molecule has 2 fully saturated rings. The van der Waals surface area contributed by atoms with Gasteiger partial charge in [-0.1, -0.05) is 72.3 Å². The van der Waals surface area contributed by atoms with Crippen LogP contribution in [0, 0.1) is 0 Å². The molecular weight excluding hydrogens is 591 g/mol. The van der Waals surface area contributed by atoms with Gasteiger partial charge in [0.2, 0.25) is 0 Å². The molecule has 2 heterocycles. The van der Waals surface area contributed by atoms with Gasteiger partial charge in [-0.3, -0.25) is 24.3 Å². The number of piperazine rings is 1.